The summed E-state index contributed by atoms with van der Waals surface area (Å²) >= 11 is 0. The molecule has 0 aromatic heterocycles. The lowest BCUT2D eigenvalue weighted by atomic mass is 10.1. The highest BCUT2D eigenvalue weighted by Gasteiger charge is 2.14. The molecule has 1 atom stereocenters. The summed E-state index contributed by atoms with van der Waals surface area (Å²) in [5, 5.41) is 8.99. The van der Waals surface area contributed by atoms with E-state index in [2.05, 4.69) is 4.99 Å². The van der Waals surface area contributed by atoms with Crippen LogP contribution in [0.3, 0.4) is 0 Å². The van der Waals surface area contributed by atoms with Crippen LogP contribution in [0.1, 0.15) is 10.4 Å². The number of isocyanates is 1. The van der Waals surface area contributed by atoms with Gasteiger partial charge in [0.05, 0.1) is 0 Å². The van der Waals surface area contributed by atoms with Crippen LogP contribution in [0.2, 0.25) is 0 Å². The van der Waals surface area contributed by atoms with Gasteiger partial charge in [0.1, 0.15) is 0 Å². The Kier molecular flexibility index (Phi) is 3.09. The van der Waals surface area contributed by atoms with E-state index in [4.69, 9.17) is 5.11 Å². The smallest absolute Gasteiger partial charge is 0.238 e. The van der Waals surface area contributed by atoms with Crippen molar-refractivity contribution in [3.05, 3.63) is 35.9 Å². The Morgan fingerprint density at radius 2 is 2.00 bits per heavy atom. The number of hydrogen-bond acceptors (Lipinski definition) is 4. The monoisotopic (exact) mass is 177 g/mol. The second-order valence-corrected chi connectivity index (χ2v) is 2.32. The van der Waals surface area contributed by atoms with E-state index in [1.165, 1.54) is 12.1 Å². The molecule has 1 aromatic rings. The number of benzene rings is 1. The maximum Gasteiger partial charge on any atom is 0.238 e. The molecule has 1 rings (SSSR count). The first-order valence-corrected chi connectivity index (χ1v) is 3.60. The van der Waals surface area contributed by atoms with Crippen molar-refractivity contribution in [1.82, 2.24) is 0 Å². The molecule has 1 aromatic carbocycles. The maximum absolute atomic E-state index is 11.2. The molecule has 0 fully saturated rings. The zero-order chi connectivity index (χ0) is 9.68. The van der Waals surface area contributed by atoms with Gasteiger partial charge in [0.2, 0.25) is 18.1 Å². The summed E-state index contributed by atoms with van der Waals surface area (Å²) in [5.41, 5.74) is 0.314. The molecule has 4 heteroatoms. The van der Waals surface area contributed by atoms with E-state index in [1.807, 2.05) is 0 Å². The number of aliphatic imine (C=N–C) groups is 1. The van der Waals surface area contributed by atoms with Crippen LogP contribution in [0.25, 0.3) is 0 Å². The van der Waals surface area contributed by atoms with Crippen LogP contribution in [0.5, 0.6) is 0 Å². The number of nitrogens with zero attached hydrogens (tertiary/aromatic N) is 1. The Bertz CT molecular complexity index is 341. The number of carbonyl (C=O) groups is 1. The van der Waals surface area contributed by atoms with Crippen molar-refractivity contribution in [2.45, 2.75) is 6.23 Å². The van der Waals surface area contributed by atoms with E-state index in [-0.39, 0.29) is 0 Å². The largest absolute Gasteiger partial charge is 0.365 e. The van der Waals surface area contributed by atoms with E-state index in [1.54, 1.807) is 18.2 Å². The molecule has 0 aliphatic carbocycles. The highest BCUT2D eigenvalue weighted by atomic mass is 16.3. The van der Waals surface area contributed by atoms with Crippen LogP contribution in [-0.2, 0) is 4.79 Å². The molecule has 0 saturated heterocycles. The Hall–Kier alpha value is -1.77. The minimum Gasteiger partial charge on any atom is -0.365 e. The Labute approximate surface area is 74.5 Å². The molecule has 0 bridgehead atoms. The third-order valence-corrected chi connectivity index (χ3v) is 1.47. The molecule has 0 spiro atoms. The lowest BCUT2D eigenvalue weighted by molar-refractivity contribution is 0.0763. The summed E-state index contributed by atoms with van der Waals surface area (Å²) in [4.78, 5) is 23.9. The minimum atomic E-state index is -1.64. The van der Waals surface area contributed by atoms with Gasteiger partial charge < -0.3 is 5.11 Å². The minimum absolute atomic E-state index is 0.314. The van der Waals surface area contributed by atoms with Gasteiger partial charge in [0.15, 0.2) is 0 Å². The van der Waals surface area contributed by atoms with E-state index >= 15 is 0 Å². The van der Waals surface area contributed by atoms with E-state index in [0.717, 1.165) is 6.08 Å². The quantitative estimate of drug-likeness (QED) is 0.416. The van der Waals surface area contributed by atoms with Gasteiger partial charge in [-0.2, -0.15) is 4.99 Å². The number of rotatable bonds is 3. The zero-order valence-corrected chi connectivity index (χ0v) is 6.68. The predicted octanol–water partition coefficient (Wildman–Crippen LogP) is 0.524. The molecule has 0 aliphatic rings. The second-order valence-electron chi connectivity index (χ2n) is 2.32. The van der Waals surface area contributed by atoms with Crippen LogP contribution in [0.4, 0.5) is 0 Å². The zero-order valence-electron chi connectivity index (χ0n) is 6.68. The molecule has 66 valence electrons. The van der Waals surface area contributed by atoms with Gasteiger partial charge in [0, 0.05) is 5.56 Å². The molecule has 4 nitrogen and oxygen atoms in total. The molecule has 0 aliphatic heterocycles. The molecule has 0 radical (unpaired) electrons. The van der Waals surface area contributed by atoms with E-state index < -0.39 is 12.0 Å². The van der Waals surface area contributed by atoms with Gasteiger partial charge in [-0.25, -0.2) is 4.79 Å². The SMILES string of the molecule is O=C=NC(O)C(=O)c1ccccc1. The van der Waals surface area contributed by atoms with Crippen molar-refractivity contribution in [1.29, 1.82) is 0 Å². The lowest BCUT2D eigenvalue weighted by Crippen LogP contribution is -2.17. The summed E-state index contributed by atoms with van der Waals surface area (Å²) in [6, 6.07) is 8.12. The fraction of sp³-hybridized carbons (Fsp3) is 0.111. The number of hydrogen-bond donors (Lipinski definition) is 1. The van der Waals surface area contributed by atoms with Crippen molar-refractivity contribution in [2.24, 2.45) is 4.99 Å². The molecule has 13 heavy (non-hydrogen) atoms. The number of aliphatic hydroxyl groups is 1. The highest BCUT2D eigenvalue weighted by molar-refractivity contribution is 5.99. The Morgan fingerprint density at radius 3 is 2.54 bits per heavy atom. The highest BCUT2D eigenvalue weighted by Crippen LogP contribution is 2.03. The first-order valence-electron chi connectivity index (χ1n) is 3.60. The average Bonchev–Trinajstić information content (AvgIpc) is 2.18. The van der Waals surface area contributed by atoms with Gasteiger partial charge in [-0.1, -0.05) is 30.3 Å². The standard InChI is InChI=1S/C9H7NO3/c11-6-10-9(13)8(12)7-4-2-1-3-5-7/h1-5,9,13H. The van der Waals surface area contributed by atoms with Crippen molar-refractivity contribution >= 4 is 11.9 Å². The fourth-order valence-electron chi connectivity index (χ4n) is 0.860. The van der Waals surface area contributed by atoms with Crippen LogP contribution >= 0.6 is 0 Å². The van der Waals surface area contributed by atoms with Gasteiger partial charge in [-0.15, -0.1) is 0 Å². The Balaban J connectivity index is 2.86. The van der Waals surface area contributed by atoms with Crippen molar-refractivity contribution in [2.75, 3.05) is 0 Å². The number of carbonyl (C=O) groups excluding carboxylic acids is 2. The first kappa shape index (κ1) is 9.32. The van der Waals surface area contributed by atoms with Crippen molar-refractivity contribution in [3.63, 3.8) is 0 Å². The van der Waals surface area contributed by atoms with Crippen LogP contribution in [0.15, 0.2) is 35.3 Å². The Morgan fingerprint density at radius 1 is 1.38 bits per heavy atom. The van der Waals surface area contributed by atoms with Crippen LogP contribution in [0, 0.1) is 0 Å². The number of ketones is 1. The van der Waals surface area contributed by atoms with Gasteiger partial charge in [0.25, 0.3) is 0 Å². The molecular formula is C9H7NO3. The predicted molar refractivity (Wildman–Crippen MR) is 44.9 cm³/mol. The first-order chi connectivity index (χ1) is 6.25. The topological polar surface area (TPSA) is 66.7 Å². The summed E-state index contributed by atoms with van der Waals surface area (Å²) < 4.78 is 0. The molecule has 0 saturated carbocycles. The summed E-state index contributed by atoms with van der Waals surface area (Å²) in [6.45, 7) is 0. The van der Waals surface area contributed by atoms with Crippen LogP contribution in [-0.4, -0.2) is 23.2 Å². The van der Waals surface area contributed by atoms with Gasteiger partial charge in [-0.05, 0) is 0 Å². The van der Waals surface area contributed by atoms with Crippen molar-refractivity contribution < 1.29 is 14.7 Å². The van der Waals surface area contributed by atoms with Crippen LogP contribution < -0.4 is 0 Å². The molecular weight excluding hydrogens is 170 g/mol. The van der Waals surface area contributed by atoms with Gasteiger partial charge >= 0.3 is 0 Å². The molecule has 0 amide bonds. The second kappa shape index (κ2) is 4.30. The van der Waals surface area contributed by atoms with E-state index in [0.29, 0.717) is 5.56 Å². The maximum atomic E-state index is 11.2. The third-order valence-electron chi connectivity index (χ3n) is 1.47. The van der Waals surface area contributed by atoms with Crippen molar-refractivity contribution in [3.8, 4) is 0 Å². The number of aliphatic hydroxyl groups excluding tert-OH is 1. The molecule has 0 heterocycles. The third kappa shape index (κ3) is 2.33. The number of Topliss-reactive ketones (excluding diaryl/α,β-unsaturated/α-hetero) is 1. The fourth-order valence-corrected chi connectivity index (χ4v) is 0.860. The summed E-state index contributed by atoms with van der Waals surface area (Å²) in [7, 11) is 0. The average molecular weight is 177 g/mol. The molecule has 1 N–H and O–H groups in total. The summed E-state index contributed by atoms with van der Waals surface area (Å²) in [5.74, 6) is -0.607. The molecule has 1 unspecified atom stereocenters. The van der Waals surface area contributed by atoms with E-state index in [9.17, 15) is 9.59 Å². The summed E-state index contributed by atoms with van der Waals surface area (Å²) in [6.07, 6.45) is -0.517. The lowest BCUT2D eigenvalue weighted by Gasteiger charge is -2.00. The normalized spacial score (nSPS) is 11.5. The van der Waals surface area contributed by atoms with Gasteiger partial charge in [-0.3, -0.25) is 4.79 Å².